The van der Waals surface area contributed by atoms with Gasteiger partial charge in [0, 0.05) is 12.2 Å². The fourth-order valence-electron chi connectivity index (χ4n) is 2.34. The van der Waals surface area contributed by atoms with Gasteiger partial charge < -0.3 is 14.2 Å². The third kappa shape index (κ3) is 9.42. The van der Waals surface area contributed by atoms with Crippen LogP contribution in [0, 0.1) is 5.92 Å². The topological polar surface area (TPSA) is 44.8 Å². The van der Waals surface area contributed by atoms with Gasteiger partial charge in [-0.15, -0.1) is 0 Å². The average molecular weight is 348 g/mol. The molecule has 25 heavy (non-hydrogen) atoms. The molecule has 0 aromatic heterocycles. The maximum atomic E-state index is 12.1. The summed E-state index contributed by atoms with van der Waals surface area (Å²) in [7, 11) is 1.60. The molecule has 0 saturated carbocycles. The molecule has 0 heterocycles. The van der Waals surface area contributed by atoms with E-state index in [4.69, 9.17) is 14.2 Å². The van der Waals surface area contributed by atoms with Gasteiger partial charge in [-0.3, -0.25) is 4.79 Å². The van der Waals surface area contributed by atoms with Gasteiger partial charge in [-0.2, -0.15) is 0 Å². The van der Waals surface area contributed by atoms with Crippen LogP contribution in [0.3, 0.4) is 0 Å². The number of hydrogen-bond donors (Lipinski definition) is 0. The monoisotopic (exact) mass is 348 g/mol. The smallest absolute Gasteiger partial charge is 0.188 e. The van der Waals surface area contributed by atoms with Crippen LogP contribution in [0.5, 0.6) is 5.75 Å². The van der Waals surface area contributed by atoms with Gasteiger partial charge in [0.1, 0.15) is 12.4 Å². The first-order valence-electron chi connectivity index (χ1n) is 8.96. The number of benzene rings is 1. The molecule has 2 unspecified atom stereocenters. The quantitative estimate of drug-likeness (QED) is 0.302. The summed E-state index contributed by atoms with van der Waals surface area (Å²) in [5.74, 6) is 1.28. The van der Waals surface area contributed by atoms with E-state index in [-0.39, 0.29) is 18.7 Å². The van der Waals surface area contributed by atoms with Crippen molar-refractivity contribution in [3.05, 3.63) is 41.5 Å². The van der Waals surface area contributed by atoms with Crippen molar-refractivity contribution >= 4 is 5.78 Å². The van der Waals surface area contributed by atoms with E-state index in [1.165, 1.54) is 12.0 Å². The molecule has 0 radical (unpaired) electrons. The molecule has 0 spiro atoms. The number of rotatable bonds is 12. The Kier molecular flexibility index (Phi) is 10.1. The Labute approximate surface area is 152 Å². The van der Waals surface area contributed by atoms with Gasteiger partial charge in [-0.05, 0) is 70.2 Å². The summed E-state index contributed by atoms with van der Waals surface area (Å²) in [4.78, 5) is 12.1. The first kappa shape index (κ1) is 21.4. The fourth-order valence-corrected chi connectivity index (χ4v) is 2.34. The number of ketones is 1. The Bertz CT molecular complexity index is 529. The highest BCUT2D eigenvalue weighted by atomic mass is 16.7. The Morgan fingerprint density at radius 2 is 1.76 bits per heavy atom. The van der Waals surface area contributed by atoms with Crippen LogP contribution < -0.4 is 4.74 Å². The molecular formula is C21H32O4. The lowest BCUT2D eigenvalue weighted by Crippen LogP contribution is -2.19. The van der Waals surface area contributed by atoms with Crippen LogP contribution in [0.4, 0.5) is 0 Å². The van der Waals surface area contributed by atoms with Crippen molar-refractivity contribution in [2.24, 2.45) is 5.92 Å². The molecule has 4 heteroatoms. The van der Waals surface area contributed by atoms with Crippen molar-refractivity contribution in [3.8, 4) is 5.75 Å². The molecule has 0 aliphatic carbocycles. The van der Waals surface area contributed by atoms with E-state index in [0.29, 0.717) is 18.1 Å². The van der Waals surface area contributed by atoms with Crippen LogP contribution in [-0.2, 0) is 9.47 Å². The van der Waals surface area contributed by atoms with Crippen LogP contribution in [0.2, 0.25) is 0 Å². The normalized spacial score (nSPS) is 13.2. The highest BCUT2D eigenvalue weighted by molar-refractivity contribution is 5.97. The lowest BCUT2D eigenvalue weighted by molar-refractivity contribution is -0.125. The number of methoxy groups -OCH3 is 1. The lowest BCUT2D eigenvalue weighted by Gasteiger charge is -2.16. The Morgan fingerprint density at radius 1 is 1.08 bits per heavy atom. The lowest BCUT2D eigenvalue weighted by atomic mass is 10.0. The van der Waals surface area contributed by atoms with E-state index in [1.54, 1.807) is 31.4 Å². The summed E-state index contributed by atoms with van der Waals surface area (Å²) >= 11 is 0. The number of Topliss-reactive ketones (excluding diaryl/α,β-unsaturated/α-hetero) is 1. The number of ether oxygens (including phenoxy) is 3. The number of carbonyl (C=O) groups excluding carboxylic acids is 1. The zero-order valence-corrected chi connectivity index (χ0v) is 16.2. The second kappa shape index (κ2) is 11.8. The SMILES string of the molecule is COc1ccc(C(=O)COC(C)OCCC(C)CCC=C(C)C)cc1. The first-order chi connectivity index (χ1) is 11.9. The van der Waals surface area contributed by atoms with Gasteiger partial charge in [-0.25, -0.2) is 0 Å². The minimum Gasteiger partial charge on any atom is -0.497 e. The van der Waals surface area contributed by atoms with Gasteiger partial charge in [0.25, 0.3) is 0 Å². The number of carbonyl (C=O) groups is 1. The van der Waals surface area contributed by atoms with Gasteiger partial charge in [0.05, 0.1) is 7.11 Å². The molecule has 0 aliphatic rings. The van der Waals surface area contributed by atoms with Crippen molar-refractivity contribution in [2.75, 3.05) is 20.3 Å². The van der Waals surface area contributed by atoms with Crippen molar-refractivity contribution in [1.29, 1.82) is 0 Å². The average Bonchev–Trinajstić information content (AvgIpc) is 2.59. The summed E-state index contributed by atoms with van der Waals surface area (Å²) in [5, 5.41) is 0. The molecule has 0 N–H and O–H groups in total. The predicted octanol–water partition coefficient (Wildman–Crippen LogP) is 5.03. The van der Waals surface area contributed by atoms with Crippen molar-refractivity contribution < 1.29 is 19.0 Å². The van der Waals surface area contributed by atoms with E-state index >= 15 is 0 Å². The van der Waals surface area contributed by atoms with Crippen LogP contribution >= 0.6 is 0 Å². The molecule has 0 fully saturated rings. The van der Waals surface area contributed by atoms with Crippen LogP contribution in [-0.4, -0.2) is 32.4 Å². The minimum atomic E-state index is -0.382. The largest absolute Gasteiger partial charge is 0.497 e. The predicted molar refractivity (Wildman–Crippen MR) is 101 cm³/mol. The van der Waals surface area contributed by atoms with Gasteiger partial charge in [0.2, 0.25) is 0 Å². The summed E-state index contributed by atoms with van der Waals surface area (Å²) in [6.07, 6.45) is 5.17. The second-order valence-corrected chi connectivity index (χ2v) is 6.65. The molecule has 0 saturated heterocycles. The molecule has 1 aromatic carbocycles. The van der Waals surface area contributed by atoms with Crippen LogP contribution in [0.25, 0.3) is 0 Å². The van der Waals surface area contributed by atoms with Crippen LogP contribution in [0.15, 0.2) is 35.9 Å². The highest BCUT2D eigenvalue weighted by Crippen LogP contribution is 2.14. The molecule has 140 valence electrons. The zero-order valence-electron chi connectivity index (χ0n) is 16.2. The molecule has 2 atom stereocenters. The second-order valence-electron chi connectivity index (χ2n) is 6.65. The molecule has 0 bridgehead atoms. The summed E-state index contributed by atoms with van der Waals surface area (Å²) in [6, 6.07) is 7.02. The molecule has 1 rings (SSSR count). The van der Waals surface area contributed by atoms with Crippen LogP contribution in [0.1, 0.15) is 57.3 Å². The Hall–Kier alpha value is -1.65. The van der Waals surface area contributed by atoms with Gasteiger partial charge >= 0.3 is 0 Å². The van der Waals surface area contributed by atoms with E-state index < -0.39 is 0 Å². The van der Waals surface area contributed by atoms with E-state index in [1.807, 2.05) is 6.92 Å². The van der Waals surface area contributed by atoms with E-state index in [0.717, 1.165) is 18.6 Å². The minimum absolute atomic E-state index is 0.0175. The van der Waals surface area contributed by atoms with Crippen molar-refractivity contribution in [1.82, 2.24) is 0 Å². The maximum Gasteiger partial charge on any atom is 0.188 e. The zero-order chi connectivity index (χ0) is 18.7. The maximum absolute atomic E-state index is 12.1. The molecule has 1 aromatic rings. The standard InChI is InChI=1S/C21H32O4/c1-16(2)7-6-8-17(3)13-14-24-18(4)25-15-21(22)19-9-11-20(23-5)12-10-19/h7,9-12,17-18H,6,8,13-15H2,1-5H3. The highest BCUT2D eigenvalue weighted by Gasteiger charge is 2.10. The van der Waals surface area contributed by atoms with E-state index in [9.17, 15) is 4.79 Å². The van der Waals surface area contributed by atoms with E-state index in [2.05, 4.69) is 26.8 Å². The molecule has 0 aliphatic heterocycles. The third-order valence-electron chi connectivity index (χ3n) is 4.04. The number of allylic oxidation sites excluding steroid dienone is 2. The number of hydrogen-bond acceptors (Lipinski definition) is 4. The van der Waals surface area contributed by atoms with Crippen molar-refractivity contribution in [2.45, 2.75) is 53.2 Å². The summed E-state index contributed by atoms with van der Waals surface area (Å²) < 4.78 is 16.2. The first-order valence-corrected chi connectivity index (χ1v) is 8.96. The molecule has 4 nitrogen and oxygen atoms in total. The summed E-state index contributed by atoms with van der Waals surface area (Å²) in [6.45, 7) is 8.98. The fraction of sp³-hybridized carbons (Fsp3) is 0.571. The molecule has 0 amide bonds. The Balaban J connectivity index is 2.20. The van der Waals surface area contributed by atoms with Crippen molar-refractivity contribution in [3.63, 3.8) is 0 Å². The Morgan fingerprint density at radius 3 is 2.36 bits per heavy atom. The summed E-state index contributed by atoms with van der Waals surface area (Å²) in [5.41, 5.74) is 1.98. The molecular weight excluding hydrogens is 316 g/mol. The third-order valence-corrected chi connectivity index (χ3v) is 4.04. The van der Waals surface area contributed by atoms with Gasteiger partial charge in [-0.1, -0.05) is 18.6 Å². The van der Waals surface area contributed by atoms with Gasteiger partial charge in [0.15, 0.2) is 12.1 Å².